The van der Waals surface area contributed by atoms with Gasteiger partial charge in [0, 0.05) is 25.3 Å². The summed E-state index contributed by atoms with van der Waals surface area (Å²) in [6.07, 6.45) is 4.72. The van der Waals surface area contributed by atoms with Crippen LogP contribution in [-0.2, 0) is 4.74 Å². The highest BCUT2D eigenvalue weighted by molar-refractivity contribution is 4.78. The fraction of sp³-hybridized carbons (Fsp3) is 1.00. The number of nitrogens with one attached hydrogen (secondary N) is 1. The van der Waals surface area contributed by atoms with Crippen LogP contribution in [0, 0.1) is 5.92 Å². The summed E-state index contributed by atoms with van der Waals surface area (Å²) in [7, 11) is 0. The Kier molecular flexibility index (Phi) is 6.22. The third kappa shape index (κ3) is 4.96. The fourth-order valence-electron chi connectivity index (χ4n) is 2.26. The second-order valence-corrected chi connectivity index (χ2v) is 4.63. The van der Waals surface area contributed by atoms with Gasteiger partial charge in [-0.05, 0) is 45.4 Å². The van der Waals surface area contributed by atoms with E-state index < -0.39 is 0 Å². The van der Waals surface area contributed by atoms with Crippen molar-refractivity contribution in [2.24, 2.45) is 5.92 Å². The summed E-state index contributed by atoms with van der Waals surface area (Å²) in [5.41, 5.74) is 0. The van der Waals surface area contributed by atoms with Crippen LogP contribution in [0.1, 0.15) is 39.5 Å². The van der Waals surface area contributed by atoms with Crippen LogP contribution in [0.25, 0.3) is 0 Å². The van der Waals surface area contributed by atoms with E-state index in [1.165, 1.54) is 12.8 Å². The Morgan fingerprint density at radius 2 is 2.00 bits per heavy atom. The highest BCUT2D eigenvalue weighted by Crippen LogP contribution is 2.23. The molecule has 0 heterocycles. The molecule has 1 unspecified atom stereocenters. The summed E-state index contributed by atoms with van der Waals surface area (Å²) >= 11 is 0. The van der Waals surface area contributed by atoms with E-state index in [4.69, 9.17) is 9.84 Å². The lowest BCUT2D eigenvalue weighted by Gasteiger charge is -2.30. The standard InChI is InChI=1S/C12H25NO2/c1-3-15-9-10(2)13-12-6-4-11(8-14)5-7-12/h10-14H,3-9H2,1-2H3. The zero-order chi connectivity index (χ0) is 11.1. The van der Waals surface area contributed by atoms with Crippen molar-refractivity contribution < 1.29 is 9.84 Å². The smallest absolute Gasteiger partial charge is 0.0616 e. The lowest BCUT2D eigenvalue weighted by atomic mass is 9.86. The van der Waals surface area contributed by atoms with Crippen LogP contribution in [0.15, 0.2) is 0 Å². The first-order valence-corrected chi connectivity index (χ1v) is 6.20. The van der Waals surface area contributed by atoms with Crippen molar-refractivity contribution >= 4 is 0 Å². The van der Waals surface area contributed by atoms with Crippen molar-refractivity contribution in [3.8, 4) is 0 Å². The normalized spacial score (nSPS) is 29.0. The molecule has 0 bridgehead atoms. The second kappa shape index (κ2) is 7.20. The van der Waals surface area contributed by atoms with Gasteiger partial charge >= 0.3 is 0 Å². The van der Waals surface area contributed by atoms with Crippen molar-refractivity contribution in [1.29, 1.82) is 0 Å². The van der Waals surface area contributed by atoms with Gasteiger partial charge in [0.1, 0.15) is 0 Å². The molecule has 15 heavy (non-hydrogen) atoms. The van der Waals surface area contributed by atoms with Crippen molar-refractivity contribution in [2.45, 2.75) is 51.6 Å². The number of aliphatic hydroxyl groups is 1. The molecule has 0 aromatic carbocycles. The molecule has 0 spiro atoms. The molecule has 0 amide bonds. The quantitative estimate of drug-likeness (QED) is 0.706. The Bertz CT molecular complexity index is 156. The first kappa shape index (κ1) is 12.9. The van der Waals surface area contributed by atoms with Crippen LogP contribution in [0.4, 0.5) is 0 Å². The van der Waals surface area contributed by atoms with Gasteiger partial charge in [0.05, 0.1) is 6.61 Å². The monoisotopic (exact) mass is 215 g/mol. The van der Waals surface area contributed by atoms with E-state index in [1.54, 1.807) is 0 Å². The molecule has 1 fully saturated rings. The lowest BCUT2D eigenvalue weighted by Crippen LogP contribution is -2.41. The first-order valence-electron chi connectivity index (χ1n) is 6.20. The minimum absolute atomic E-state index is 0.362. The lowest BCUT2D eigenvalue weighted by molar-refractivity contribution is 0.115. The van der Waals surface area contributed by atoms with Crippen molar-refractivity contribution in [1.82, 2.24) is 5.32 Å². The van der Waals surface area contributed by atoms with Gasteiger partial charge in [0.25, 0.3) is 0 Å². The average molecular weight is 215 g/mol. The number of hydrogen-bond acceptors (Lipinski definition) is 3. The van der Waals surface area contributed by atoms with Crippen LogP contribution in [0.2, 0.25) is 0 Å². The van der Waals surface area contributed by atoms with Crippen LogP contribution >= 0.6 is 0 Å². The van der Waals surface area contributed by atoms with Crippen molar-refractivity contribution in [2.75, 3.05) is 19.8 Å². The van der Waals surface area contributed by atoms with Crippen LogP contribution < -0.4 is 5.32 Å². The summed E-state index contributed by atoms with van der Waals surface area (Å²) in [4.78, 5) is 0. The number of ether oxygens (including phenoxy) is 1. The summed E-state index contributed by atoms with van der Waals surface area (Å²) in [5.74, 6) is 0.547. The molecular formula is C12H25NO2. The predicted molar refractivity (Wildman–Crippen MR) is 61.9 cm³/mol. The molecule has 90 valence electrons. The molecule has 1 saturated carbocycles. The second-order valence-electron chi connectivity index (χ2n) is 4.63. The van der Waals surface area contributed by atoms with E-state index in [1.807, 2.05) is 6.92 Å². The predicted octanol–water partition coefficient (Wildman–Crippen LogP) is 1.55. The van der Waals surface area contributed by atoms with Gasteiger partial charge in [0.2, 0.25) is 0 Å². The van der Waals surface area contributed by atoms with E-state index in [2.05, 4.69) is 12.2 Å². The summed E-state index contributed by atoms with van der Waals surface area (Å²) < 4.78 is 5.38. The minimum atomic E-state index is 0.362. The third-order valence-corrected chi connectivity index (χ3v) is 3.20. The molecule has 1 rings (SSSR count). The molecule has 1 aliphatic rings. The van der Waals surface area contributed by atoms with Gasteiger partial charge in [-0.25, -0.2) is 0 Å². The van der Waals surface area contributed by atoms with Gasteiger partial charge in [0.15, 0.2) is 0 Å². The first-order chi connectivity index (χ1) is 7.26. The van der Waals surface area contributed by atoms with Crippen molar-refractivity contribution in [3.05, 3.63) is 0 Å². The van der Waals surface area contributed by atoms with E-state index >= 15 is 0 Å². The number of rotatable bonds is 6. The maximum absolute atomic E-state index is 9.03. The molecule has 2 N–H and O–H groups in total. The topological polar surface area (TPSA) is 41.5 Å². The molecule has 0 aliphatic heterocycles. The molecular weight excluding hydrogens is 190 g/mol. The third-order valence-electron chi connectivity index (χ3n) is 3.20. The van der Waals surface area contributed by atoms with Gasteiger partial charge in [-0.3, -0.25) is 0 Å². The Balaban J connectivity index is 2.12. The zero-order valence-corrected chi connectivity index (χ0v) is 10.0. The van der Waals surface area contributed by atoms with E-state index in [0.717, 1.165) is 26.1 Å². The largest absolute Gasteiger partial charge is 0.396 e. The summed E-state index contributed by atoms with van der Waals surface area (Å²) in [5, 5.41) is 12.6. The molecule has 0 aromatic heterocycles. The Morgan fingerprint density at radius 3 is 2.53 bits per heavy atom. The van der Waals surface area contributed by atoms with Crippen LogP contribution in [-0.4, -0.2) is 37.0 Å². The minimum Gasteiger partial charge on any atom is -0.396 e. The maximum Gasteiger partial charge on any atom is 0.0616 e. The SMILES string of the molecule is CCOCC(C)NC1CCC(CO)CC1. The highest BCUT2D eigenvalue weighted by atomic mass is 16.5. The van der Waals surface area contributed by atoms with Gasteiger partial charge < -0.3 is 15.2 Å². The van der Waals surface area contributed by atoms with Gasteiger partial charge in [-0.15, -0.1) is 0 Å². The van der Waals surface area contributed by atoms with E-state index in [-0.39, 0.29) is 0 Å². The van der Waals surface area contributed by atoms with E-state index in [0.29, 0.717) is 24.6 Å². The Hall–Kier alpha value is -0.120. The molecule has 0 radical (unpaired) electrons. The van der Waals surface area contributed by atoms with E-state index in [9.17, 15) is 0 Å². The summed E-state index contributed by atoms with van der Waals surface area (Å²) in [6.45, 7) is 6.16. The highest BCUT2D eigenvalue weighted by Gasteiger charge is 2.21. The van der Waals surface area contributed by atoms with Crippen molar-refractivity contribution in [3.63, 3.8) is 0 Å². The Labute approximate surface area is 93.2 Å². The zero-order valence-electron chi connectivity index (χ0n) is 10.0. The Morgan fingerprint density at radius 1 is 1.33 bits per heavy atom. The molecule has 0 aromatic rings. The van der Waals surface area contributed by atoms with Crippen LogP contribution in [0.5, 0.6) is 0 Å². The summed E-state index contributed by atoms with van der Waals surface area (Å²) in [6, 6.07) is 1.07. The van der Waals surface area contributed by atoms with Gasteiger partial charge in [-0.2, -0.15) is 0 Å². The molecule has 1 atom stereocenters. The molecule has 1 aliphatic carbocycles. The molecule has 3 nitrogen and oxygen atoms in total. The number of hydrogen-bond donors (Lipinski definition) is 2. The maximum atomic E-state index is 9.03. The van der Waals surface area contributed by atoms with Crippen LogP contribution in [0.3, 0.4) is 0 Å². The molecule has 0 saturated heterocycles. The fourth-order valence-corrected chi connectivity index (χ4v) is 2.26. The average Bonchev–Trinajstić information content (AvgIpc) is 2.27. The van der Waals surface area contributed by atoms with Gasteiger partial charge in [-0.1, -0.05) is 0 Å². The number of aliphatic hydroxyl groups excluding tert-OH is 1. The molecule has 3 heteroatoms.